The zero-order valence-corrected chi connectivity index (χ0v) is 12.3. The van der Waals surface area contributed by atoms with Crippen LogP contribution in [0.2, 0.25) is 0 Å². The Morgan fingerprint density at radius 3 is 2.65 bits per heavy atom. The molecule has 1 N–H and O–H groups in total. The van der Waals surface area contributed by atoms with Gasteiger partial charge in [-0.3, -0.25) is 9.59 Å². The van der Waals surface area contributed by atoms with E-state index < -0.39 is 6.04 Å². The largest absolute Gasteiger partial charge is 0.385 e. The van der Waals surface area contributed by atoms with E-state index in [-0.39, 0.29) is 17.9 Å². The summed E-state index contributed by atoms with van der Waals surface area (Å²) in [5.41, 5.74) is 0. The van der Waals surface area contributed by atoms with E-state index >= 15 is 0 Å². The van der Waals surface area contributed by atoms with Crippen LogP contribution in [0, 0.1) is 5.92 Å². The molecule has 2 rings (SSSR count). The molecule has 2 atom stereocenters. The monoisotopic (exact) mass is 284 g/mol. The highest BCUT2D eigenvalue weighted by atomic mass is 16.5. The molecule has 1 aliphatic heterocycles. The Bertz CT molecular complexity index is 357. The van der Waals surface area contributed by atoms with Crippen molar-refractivity contribution in [3.8, 4) is 0 Å². The standard InChI is InChI=1S/C14H24N2O4/c1-10-14(18)16(6-9-20-8-3-7-19-2)12(11-4-5-11)13(17)15-10/h10-12H,3-9H2,1-2H3,(H,15,17). The first kappa shape index (κ1) is 15.3. The first-order valence-electron chi connectivity index (χ1n) is 7.32. The molecule has 2 unspecified atom stereocenters. The number of carbonyl (C=O) groups is 2. The van der Waals surface area contributed by atoms with Gasteiger partial charge in [-0.2, -0.15) is 0 Å². The summed E-state index contributed by atoms with van der Waals surface area (Å²) in [6.45, 7) is 3.98. The van der Waals surface area contributed by atoms with E-state index in [0.29, 0.717) is 32.3 Å². The molecule has 2 aliphatic rings. The Kier molecular flexibility index (Phi) is 5.37. The molecule has 0 bridgehead atoms. The van der Waals surface area contributed by atoms with Crippen LogP contribution in [0.3, 0.4) is 0 Å². The smallest absolute Gasteiger partial charge is 0.245 e. The number of amides is 2. The van der Waals surface area contributed by atoms with Gasteiger partial charge in [0, 0.05) is 26.9 Å². The van der Waals surface area contributed by atoms with E-state index in [9.17, 15) is 9.59 Å². The number of nitrogens with one attached hydrogen (secondary N) is 1. The highest BCUT2D eigenvalue weighted by molar-refractivity contribution is 5.97. The average molecular weight is 284 g/mol. The van der Waals surface area contributed by atoms with Gasteiger partial charge in [-0.05, 0) is 32.1 Å². The van der Waals surface area contributed by atoms with Crippen molar-refractivity contribution in [2.45, 2.75) is 38.3 Å². The quantitative estimate of drug-likeness (QED) is 0.645. The molecule has 1 aliphatic carbocycles. The van der Waals surface area contributed by atoms with Gasteiger partial charge in [0.15, 0.2) is 0 Å². The molecule has 20 heavy (non-hydrogen) atoms. The SMILES string of the molecule is COCCCOCCN1C(=O)C(C)NC(=O)C1C1CC1. The predicted molar refractivity (Wildman–Crippen MR) is 73.1 cm³/mol. The molecule has 0 radical (unpaired) electrons. The fraction of sp³-hybridized carbons (Fsp3) is 0.857. The van der Waals surface area contributed by atoms with E-state index in [2.05, 4.69) is 5.32 Å². The molecule has 0 aromatic rings. The summed E-state index contributed by atoms with van der Waals surface area (Å²) in [4.78, 5) is 26.0. The summed E-state index contributed by atoms with van der Waals surface area (Å²) >= 11 is 0. The highest BCUT2D eigenvalue weighted by Gasteiger charge is 2.46. The van der Waals surface area contributed by atoms with E-state index in [1.165, 1.54) is 0 Å². The van der Waals surface area contributed by atoms with E-state index in [1.54, 1.807) is 18.9 Å². The van der Waals surface area contributed by atoms with Crippen molar-refractivity contribution in [1.82, 2.24) is 10.2 Å². The third-order valence-corrected chi connectivity index (χ3v) is 3.80. The summed E-state index contributed by atoms with van der Waals surface area (Å²) in [5.74, 6) is 0.320. The molecule has 2 fully saturated rings. The van der Waals surface area contributed by atoms with Crippen molar-refractivity contribution in [2.75, 3.05) is 33.5 Å². The lowest BCUT2D eigenvalue weighted by molar-refractivity contribution is -0.150. The van der Waals surface area contributed by atoms with Gasteiger partial charge in [0.2, 0.25) is 11.8 Å². The molecular weight excluding hydrogens is 260 g/mol. The zero-order valence-electron chi connectivity index (χ0n) is 12.3. The third kappa shape index (κ3) is 3.70. The average Bonchev–Trinajstić information content (AvgIpc) is 3.23. The predicted octanol–water partition coefficient (Wildman–Crippen LogP) is 0.165. The molecule has 1 saturated heterocycles. The van der Waals surface area contributed by atoms with Crippen molar-refractivity contribution < 1.29 is 19.1 Å². The minimum atomic E-state index is -0.425. The highest BCUT2D eigenvalue weighted by Crippen LogP contribution is 2.36. The number of carbonyl (C=O) groups excluding carboxylic acids is 2. The van der Waals surface area contributed by atoms with E-state index in [0.717, 1.165) is 19.3 Å². The van der Waals surface area contributed by atoms with Crippen LogP contribution in [-0.2, 0) is 19.1 Å². The summed E-state index contributed by atoms with van der Waals surface area (Å²) in [5, 5.41) is 2.76. The second kappa shape index (κ2) is 7.04. The molecule has 6 nitrogen and oxygen atoms in total. The van der Waals surface area contributed by atoms with Crippen molar-refractivity contribution in [3.05, 3.63) is 0 Å². The number of nitrogens with zero attached hydrogens (tertiary/aromatic N) is 1. The summed E-state index contributed by atoms with van der Waals surface area (Å²) in [6, 6.07) is -0.715. The Morgan fingerprint density at radius 2 is 2.00 bits per heavy atom. The Labute approximate surface area is 119 Å². The Balaban J connectivity index is 1.82. The first-order chi connectivity index (χ1) is 9.65. The normalized spacial score (nSPS) is 26.8. The topological polar surface area (TPSA) is 67.9 Å². The number of ether oxygens (including phenoxy) is 2. The van der Waals surface area contributed by atoms with Crippen LogP contribution < -0.4 is 5.32 Å². The van der Waals surface area contributed by atoms with Crippen molar-refractivity contribution in [2.24, 2.45) is 5.92 Å². The molecule has 1 saturated carbocycles. The van der Waals surface area contributed by atoms with Crippen LogP contribution in [-0.4, -0.2) is 62.3 Å². The van der Waals surface area contributed by atoms with Gasteiger partial charge >= 0.3 is 0 Å². The van der Waals surface area contributed by atoms with Crippen LogP contribution in [0.15, 0.2) is 0 Å². The summed E-state index contributed by atoms with van der Waals surface area (Å²) in [6.07, 6.45) is 2.91. The Hall–Kier alpha value is -1.14. The van der Waals surface area contributed by atoms with Gasteiger partial charge in [0.1, 0.15) is 12.1 Å². The maximum Gasteiger partial charge on any atom is 0.245 e. The molecule has 6 heteroatoms. The maximum absolute atomic E-state index is 12.2. The number of rotatable bonds is 8. The molecule has 2 amide bonds. The minimum absolute atomic E-state index is 0.00184. The lowest BCUT2D eigenvalue weighted by Crippen LogP contribution is -2.63. The van der Waals surface area contributed by atoms with Gasteiger partial charge < -0.3 is 19.7 Å². The number of methoxy groups -OCH3 is 1. The number of hydrogen-bond donors (Lipinski definition) is 1. The van der Waals surface area contributed by atoms with Crippen LogP contribution in [0.4, 0.5) is 0 Å². The van der Waals surface area contributed by atoms with Gasteiger partial charge in [0.05, 0.1) is 6.61 Å². The number of piperazine rings is 1. The summed E-state index contributed by atoms with van der Waals surface area (Å²) in [7, 11) is 1.66. The number of hydrogen-bond acceptors (Lipinski definition) is 4. The van der Waals surface area contributed by atoms with Crippen molar-refractivity contribution in [1.29, 1.82) is 0 Å². The lowest BCUT2D eigenvalue weighted by atomic mass is 10.0. The summed E-state index contributed by atoms with van der Waals surface area (Å²) < 4.78 is 10.4. The fourth-order valence-electron chi connectivity index (χ4n) is 2.59. The first-order valence-corrected chi connectivity index (χ1v) is 7.32. The van der Waals surface area contributed by atoms with Crippen LogP contribution in [0.5, 0.6) is 0 Å². The van der Waals surface area contributed by atoms with E-state index in [4.69, 9.17) is 9.47 Å². The third-order valence-electron chi connectivity index (χ3n) is 3.80. The second-order valence-electron chi connectivity index (χ2n) is 5.50. The van der Waals surface area contributed by atoms with Gasteiger partial charge in [-0.1, -0.05) is 0 Å². The van der Waals surface area contributed by atoms with Crippen LogP contribution in [0.1, 0.15) is 26.2 Å². The maximum atomic E-state index is 12.2. The second-order valence-corrected chi connectivity index (χ2v) is 5.50. The molecular formula is C14H24N2O4. The van der Waals surface area contributed by atoms with Gasteiger partial charge in [-0.15, -0.1) is 0 Å². The molecule has 114 valence electrons. The van der Waals surface area contributed by atoms with Crippen molar-refractivity contribution >= 4 is 11.8 Å². The molecule has 0 aromatic carbocycles. The van der Waals surface area contributed by atoms with E-state index in [1.807, 2.05) is 0 Å². The lowest BCUT2D eigenvalue weighted by Gasteiger charge is -2.38. The zero-order chi connectivity index (χ0) is 14.5. The Morgan fingerprint density at radius 1 is 1.25 bits per heavy atom. The van der Waals surface area contributed by atoms with Gasteiger partial charge in [-0.25, -0.2) is 0 Å². The van der Waals surface area contributed by atoms with Gasteiger partial charge in [0.25, 0.3) is 0 Å². The van der Waals surface area contributed by atoms with Crippen LogP contribution >= 0.6 is 0 Å². The van der Waals surface area contributed by atoms with Crippen LogP contribution in [0.25, 0.3) is 0 Å². The minimum Gasteiger partial charge on any atom is -0.385 e. The molecule has 0 spiro atoms. The fourth-order valence-corrected chi connectivity index (χ4v) is 2.59. The molecule has 0 aromatic heterocycles. The van der Waals surface area contributed by atoms with Crippen molar-refractivity contribution in [3.63, 3.8) is 0 Å². The molecule has 1 heterocycles.